The number of aliphatic hydroxyl groups excluding tert-OH is 2. The number of hydrogen-bond acceptors (Lipinski definition) is 10. The second-order valence-electron chi connectivity index (χ2n) is 5.09. The number of aliphatic hydroxyl groups is 2. The Bertz CT molecular complexity index is 861. The van der Waals surface area contributed by atoms with Crippen LogP contribution in [0, 0.1) is 0 Å². The zero-order valence-electron chi connectivity index (χ0n) is 13.6. The average Bonchev–Trinajstić information content (AvgIpc) is 2.66. The normalized spacial score (nSPS) is 12.6. The lowest BCUT2D eigenvalue weighted by Crippen LogP contribution is -2.43. The van der Waals surface area contributed by atoms with Gasteiger partial charge in [0.15, 0.2) is 12.2 Å². The topological polar surface area (TPSA) is 153 Å². The standard InChI is InChI=1S/C16H10Br2N2O8/c17-9-1-7(3-19-5-9)13(23)27-15(25)11(21)12(22)16(26)28-14(24)8-2-10(18)6-20-4-8/h1-6,11-12,21-22H. The van der Waals surface area contributed by atoms with E-state index in [0.29, 0.717) is 8.95 Å². The molecule has 2 heterocycles. The third-order valence-electron chi connectivity index (χ3n) is 3.05. The largest absolute Gasteiger partial charge is 0.387 e. The summed E-state index contributed by atoms with van der Waals surface area (Å²) in [7, 11) is 0. The van der Waals surface area contributed by atoms with E-state index in [1.54, 1.807) is 0 Å². The van der Waals surface area contributed by atoms with E-state index in [0.717, 1.165) is 12.4 Å². The Kier molecular flexibility index (Phi) is 7.45. The van der Waals surface area contributed by atoms with E-state index in [9.17, 15) is 29.4 Å². The van der Waals surface area contributed by atoms with Crippen LogP contribution >= 0.6 is 31.9 Å². The Labute approximate surface area is 173 Å². The lowest BCUT2D eigenvalue weighted by atomic mass is 10.2. The number of carbonyl (C=O) groups is 4. The lowest BCUT2D eigenvalue weighted by Gasteiger charge is -2.14. The summed E-state index contributed by atoms with van der Waals surface area (Å²) in [6, 6.07) is 2.59. The molecule has 2 N–H and O–H groups in total. The van der Waals surface area contributed by atoms with Gasteiger partial charge in [0.25, 0.3) is 0 Å². The van der Waals surface area contributed by atoms with Crippen molar-refractivity contribution in [3.05, 3.63) is 57.0 Å². The van der Waals surface area contributed by atoms with Crippen LogP contribution in [-0.4, -0.2) is 56.3 Å². The van der Waals surface area contributed by atoms with Gasteiger partial charge in [-0.05, 0) is 44.0 Å². The van der Waals surface area contributed by atoms with Crippen LogP contribution in [0.3, 0.4) is 0 Å². The van der Waals surface area contributed by atoms with Crippen molar-refractivity contribution < 1.29 is 38.9 Å². The Balaban J connectivity index is 1.97. The number of ether oxygens (including phenoxy) is 2. The smallest absolute Gasteiger partial charge is 0.347 e. The van der Waals surface area contributed by atoms with E-state index in [2.05, 4.69) is 51.3 Å². The van der Waals surface area contributed by atoms with Crippen molar-refractivity contribution in [2.45, 2.75) is 12.2 Å². The molecule has 2 rings (SSSR count). The maximum atomic E-state index is 11.8. The van der Waals surface area contributed by atoms with Gasteiger partial charge in [-0.3, -0.25) is 9.97 Å². The molecule has 0 spiro atoms. The number of aromatic nitrogens is 2. The highest BCUT2D eigenvalue weighted by Crippen LogP contribution is 2.13. The van der Waals surface area contributed by atoms with Gasteiger partial charge in [0.1, 0.15) is 0 Å². The van der Waals surface area contributed by atoms with E-state index in [1.165, 1.54) is 24.5 Å². The predicted octanol–water partition coefficient (Wildman–Crippen LogP) is 0.790. The van der Waals surface area contributed by atoms with Crippen LogP contribution in [0.1, 0.15) is 20.7 Å². The SMILES string of the molecule is O=C(OC(=O)C(O)C(O)C(=O)OC(=O)c1cncc(Br)c1)c1cncc(Br)c1. The second kappa shape index (κ2) is 9.59. The fourth-order valence-electron chi connectivity index (χ4n) is 1.73. The number of esters is 4. The van der Waals surface area contributed by atoms with Crippen molar-refractivity contribution >= 4 is 55.7 Å². The molecule has 0 fully saturated rings. The molecular formula is C16H10Br2N2O8. The molecule has 2 atom stereocenters. The average molecular weight is 518 g/mol. The first-order chi connectivity index (χ1) is 13.2. The minimum Gasteiger partial charge on any atom is -0.387 e. The first kappa shape index (κ1) is 21.8. The lowest BCUT2D eigenvalue weighted by molar-refractivity contribution is -0.166. The van der Waals surface area contributed by atoms with Crippen LogP contribution in [0.5, 0.6) is 0 Å². The number of nitrogens with zero attached hydrogens (tertiary/aromatic N) is 2. The molecule has 0 aliphatic carbocycles. The molecule has 12 heteroatoms. The molecule has 28 heavy (non-hydrogen) atoms. The highest BCUT2D eigenvalue weighted by atomic mass is 79.9. The molecule has 0 saturated carbocycles. The molecule has 0 aliphatic heterocycles. The van der Waals surface area contributed by atoms with Crippen LogP contribution in [-0.2, 0) is 19.1 Å². The molecular weight excluding hydrogens is 508 g/mol. The number of carbonyl (C=O) groups excluding carboxylic acids is 4. The van der Waals surface area contributed by atoms with Crippen molar-refractivity contribution in [1.29, 1.82) is 0 Å². The molecule has 10 nitrogen and oxygen atoms in total. The number of halogens is 2. The third kappa shape index (κ3) is 5.73. The summed E-state index contributed by atoms with van der Waals surface area (Å²) in [4.78, 5) is 54.6. The quantitative estimate of drug-likeness (QED) is 0.429. The summed E-state index contributed by atoms with van der Waals surface area (Å²) in [5.74, 6) is -5.58. The van der Waals surface area contributed by atoms with Crippen LogP contribution in [0.15, 0.2) is 45.9 Å². The predicted molar refractivity (Wildman–Crippen MR) is 96.7 cm³/mol. The minimum absolute atomic E-state index is 0.121. The van der Waals surface area contributed by atoms with Gasteiger partial charge in [0, 0.05) is 33.7 Å². The monoisotopic (exact) mass is 516 g/mol. The molecule has 0 aromatic carbocycles. The van der Waals surface area contributed by atoms with Crippen molar-refractivity contribution in [3.8, 4) is 0 Å². The maximum Gasteiger partial charge on any atom is 0.347 e. The van der Waals surface area contributed by atoms with Crippen molar-refractivity contribution in [1.82, 2.24) is 9.97 Å². The molecule has 0 bridgehead atoms. The molecule has 146 valence electrons. The van der Waals surface area contributed by atoms with Crippen molar-refractivity contribution in [2.75, 3.05) is 0 Å². The molecule has 0 aliphatic rings. The van der Waals surface area contributed by atoms with E-state index in [-0.39, 0.29) is 11.1 Å². The molecule has 0 radical (unpaired) electrons. The number of hydrogen-bond donors (Lipinski definition) is 2. The van der Waals surface area contributed by atoms with Crippen LogP contribution in [0.25, 0.3) is 0 Å². The highest BCUT2D eigenvalue weighted by molar-refractivity contribution is 9.10. The first-order valence-electron chi connectivity index (χ1n) is 7.28. The number of pyridine rings is 2. The van der Waals surface area contributed by atoms with Gasteiger partial charge < -0.3 is 19.7 Å². The van der Waals surface area contributed by atoms with Gasteiger partial charge in [-0.15, -0.1) is 0 Å². The maximum absolute atomic E-state index is 11.8. The molecule has 0 amide bonds. The van der Waals surface area contributed by atoms with Crippen LogP contribution in [0.4, 0.5) is 0 Å². The van der Waals surface area contributed by atoms with Gasteiger partial charge in [0.2, 0.25) is 0 Å². The molecule has 2 aromatic rings. The molecule has 2 unspecified atom stereocenters. The first-order valence-corrected chi connectivity index (χ1v) is 8.87. The summed E-state index contributed by atoms with van der Waals surface area (Å²) in [5.41, 5.74) is -0.242. The van der Waals surface area contributed by atoms with E-state index in [4.69, 9.17) is 0 Å². The Morgan fingerprint density at radius 1 is 0.750 bits per heavy atom. The molecule has 2 aromatic heterocycles. The summed E-state index contributed by atoms with van der Waals surface area (Å²) < 4.78 is 9.60. The fraction of sp³-hybridized carbons (Fsp3) is 0.125. The minimum atomic E-state index is -2.47. The van der Waals surface area contributed by atoms with Crippen molar-refractivity contribution in [2.24, 2.45) is 0 Å². The van der Waals surface area contributed by atoms with Gasteiger partial charge in [-0.1, -0.05) is 0 Å². The van der Waals surface area contributed by atoms with Gasteiger partial charge >= 0.3 is 23.9 Å². The Hall–Kier alpha value is -2.54. The Morgan fingerprint density at radius 2 is 1.11 bits per heavy atom. The van der Waals surface area contributed by atoms with Crippen LogP contribution in [0.2, 0.25) is 0 Å². The Morgan fingerprint density at radius 3 is 1.43 bits per heavy atom. The van der Waals surface area contributed by atoms with E-state index < -0.39 is 36.1 Å². The summed E-state index contributed by atoms with van der Waals surface area (Å²) in [6.07, 6.45) is 0.0235. The van der Waals surface area contributed by atoms with Crippen LogP contribution < -0.4 is 0 Å². The second-order valence-corrected chi connectivity index (χ2v) is 6.92. The van der Waals surface area contributed by atoms with E-state index >= 15 is 0 Å². The summed E-state index contributed by atoms with van der Waals surface area (Å²) >= 11 is 6.14. The van der Waals surface area contributed by atoms with Crippen molar-refractivity contribution in [3.63, 3.8) is 0 Å². The van der Waals surface area contributed by atoms with Gasteiger partial charge in [-0.2, -0.15) is 0 Å². The molecule has 0 saturated heterocycles. The summed E-state index contributed by atoms with van der Waals surface area (Å²) in [5, 5.41) is 19.4. The van der Waals surface area contributed by atoms with Gasteiger partial charge in [0.05, 0.1) is 11.1 Å². The zero-order valence-corrected chi connectivity index (χ0v) is 16.8. The number of rotatable bonds is 5. The third-order valence-corrected chi connectivity index (χ3v) is 3.92. The van der Waals surface area contributed by atoms with E-state index in [1.807, 2.05) is 0 Å². The summed E-state index contributed by atoms with van der Waals surface area (Å²) in [6.45, 7) is 0. The highest BCUT2D eigenvalue weighted by Gasteiger charge is 2.35. The van der Waals surface area contributed by atoms with Gasteiger partial charge in [-0.25, -0.2) is 19.2 Å². The zero-order chi connectivity index (χ0) is 20.8. The fourth-order valence-corrected chi connectivity index (χ4v) is 2.46.